The highest BCUT2D eigenvalue weighted by atomic mass is 19.2. The van der Waals surface area contributed by atoms with E-state index in [0.29, 0.717) is 0 Å². The van der Waals surface area contributed by atoms with Gasteiger partial charge in [-0.15, -0.1) is 0 Å². The Kier molecular flexibility index (Phi) is 4.74. The van der Waals surface area contributed by atoms with Gasteiger partial charge in [0.15, 0.2) is 17.5 Å². The molecule has 2 aromatic rings. The van der Waals surface area contributed by atoms with Crippen LogP contribution in [0.1, 0.15) is 28.8 Å². The number of carbonyl (C=O) groups is 1. The number of hydrogen-bond acceptors (Lipinski definition) is 2. The third-order valence-electron chi connectivity index (χ3n) is 4.14. The molecule has 24 heavy (non-hydrogen) atoms. The molecule has 0 aromatic heterocycles. The molecule has 0 saturated carbocycles. The van der Waals surface area contributed by atoms with E-state index < -0.39 is 28.9 Å². The van der Waals surface area contributed by atoms with Crippen molar-refractivity contribution < 1.29 is 18.0 Å². The van der Waals surface area contributed by atoms with Crippen LogP contribution in [0.3, 0.4) is 0 Å². The largest absolute Gasteiger partial charge is 0.372 e. The molecule has 1 aliphatic rings. The Labute approximate surface area is 138 Å². The molecule has 126 valence electrons. The molecule has 0 radical (unpaired) electrons. The molecule has 1 heterocycles. The zero-order chi connectivity index (χ0) is 17.1. The first-order valence-corrected chi connectivity index (χ1v) is 7.82. The number of nitrogens with one attached hydrogen (secondary N) is 1. The summed E-state index contributed by atoms with van der Waals surface area (Å²) in [5.41, 5.74) is 1.46. The summed E-state index contributed by atoms with van der Waals surface area (Å²) in [4.78, 5) is 14.2. The number of anilines is 1. The average molecular weight is 334 g/mol. The van der Waals surface area contributed by atoms with E-state index in [9.17, 15) is 18.0 Å². The summed E-state index contributed by atoms with van der Waals surface area (Å²) in [7, 11) is 0. The molecular formula is C18H17F3N2O. The summed E-state index contributed by atoms with van der Waals surface area (Å²) in [5, 5.41) is 2.51. The second-order valence-electron chi connectivity index (χ2n) is 5.77. The maximum Gasteiger partial charge on any atom is 0.254 e. The van der Waals surface area contributed by atoms with Crippen LogP contribution >= 0.6 is 0 Å². The molecule has 1 aliphatic heterocycles. The van der Waals surface area contributed by atoms with E-state index >= 15 is 0 Å². The van der Waals surface area contributed by atoms with Gasteiger partial charge in [-0.25, -0.2) is 13.2 Å². The molecular weight excluding hydrogens is 317 g/mol. The Morgan fingerprint density at radius 2 is 1.62 bits per heavy atom. The molecule has 3 nitrogen and oxygen atoms in total. The van der Waals surface area contributed by atoms with Gasteiger partial charge in [0.1, 0.15) is 0 Å². The van der Waals surface area contributed by atoms with Crippen molar-refractivity contribution in [2.75, 3.05) is 18.0 Å². The number of nitrogens with zero attached hydrogens (tertiary/aromatic N) is 1. The number of rotatable bonds is 4. The zero-order valence-electron chi connectivity index (χ0n) is 13.0. The standard InChI is InChI=1S/C18H17F3N2O/c19-15-8-7-14(16(20)17(15)21)18(24)22-11-12-3-5-13(6-4-12)23-9-1-2-10-23/h3-8H,1-2,9-11H2,(H,22,24). The summed E-state index contributed by atoms with van der Waals surface area (Å²) in [6.45, 7) is 2.27. The second-order valence-corrected chi connectivity index (χ2v) is 5.77. The molecule has 0 spiro atoms. The summed E-state index contributed by atoms with van der Waals surface area (Å²) in [6, 6.07) is 9.39. The van der Waals surface area contributed by atoms with Crippen LogP contribution in [0.2, 0.25) is 0 Å². The minimum Gasteiger partial charge on any atom is -0.372 e. The van der Waals surface area contributed by atoms with Crippen molar-refractivity contribution in [1.82, 2.24) is 5.32 Å². The van der Waals surface area contributed by atoms with E-state index in [1.54, 1.807) is 0 Å². The van der Waals surface area contributed by atoms with Crippen LogP contribution in [0, 0.1) is 17.5 Å². The summed E-state index contributed by atoms with van der Waals surface area (Å²) in [6.07, 6.45) is 2.38. The molecule has 1 N–H and O–H groups in total. The zero-order valence-corrected chi connectivity index (χ0v) is 13.0. The predicted molar refractivity (Wildman–Crippen MR) is 85.4 cm³/mol. The van der Waals surface area contributed by atoms with E-state index in [2.05, 4.69) is 10.2 Å². The molecule has 1 saturated heterocycles. The SMILES string of the molecule is O=C(NCc1ccc(N2CCCC2)cc1)c1ccc(F)c(F)c1F. The maximum atomic E-state index is 13.6. The van der Waals surface area contributed by atoms with Gasteiger partial charge in [-0.2, -0.15) is 0 Å². The molecule has 2 aromatic carbocycles. The highest BCUT2D eigenvalue weighted by molar-refractivity contribution is 5.94. The second kappa shape index (κ2) is 6.95. The Morgan fingerprint density at radius 3 is 2.29 bits per heavy atom. The highest BCUT2D eigenvalue weighted by Crippen LogP contribution is 2.20. The van der Waals surface area contributed by atoms with Gasteiger partial charge in [0, 0.05) is 25.3 Å². The molecule has 1 fully saturated rings. The van der Waals surface area contributed by atoms with Crippen molar-refractivity contribution >= 4 is 11.6 Å². The van der Waals surface area contributed by atoms with Crippen molar-refractivity contribution in [3.05, 3.63) is 65.0 Å². The van der Waals surface area contributed by atoms with Gasteiger partial charge in [-0.3, -0.25) is 4.79 Å². The van der Waals surface area contributed by atoms with Crippen molar-refractivity contribution in [3.63, 3.8) is 0 Å². The summed E-state index contributed by atoms with van der Waals surface area (Å²) >= 11 is 0. The third kappa shape index (κ3) is 3.37. The van der Waals surface area contributed by atoms with Gasteiger partial charge in [-0.05, 0) is 42.7 Å². The van der Waals surface area contributed by atoms with Gasteiger partial charge in [0.05, 0.1) is 5.56 Å². The van der Waals surface area contributed by atoms with Crippen molar-refractivity contribution in [2.45, 2.75) is 19.4 Å². The number of benzene rings is 2. The van der Waals surface area contributed by atoms with Gasteiger partial charge in [0.25, 0.3) is 5.91 Å². The molecule has 0 bridgehead atoms. The Balaban J connectivity index is 1.63. The van der Waals surface area contributed by atoms with Gasteiger partial charge < -0.3 is 10.2 Å². The monoisotopic (exact) mass is 334 g/mol. The lowest BCUT2D eigenvalue weighted by atomic mass is 10.1. The lowest BCUT2D eigenvalue weighted by Gasteiger charge is -2.17. The highest BCUT2D eigenvalue weighted by Gasteiger charge is 2.18. The normalized spacial score (nSPS) is 14.0. The van der Waals surface area contributed by atoms with Gasteiger partial charge >= 0.3 is 0 Å². The number of carbonyl (C=O) groups excluding carboxylic acids is 1. The first-order chi connectivity index (χ1) is 11.6. The summed E-state index contributed by atoms with van der Waals surface area (Å²) < 4.78 is 39.6. The molecule has 0 atom stereocenters. The Morgan fingerprint density at radius 1 is 0.958 bits per heavy atom. The fraction of sp³-hybridized carbons (Fsp3) is 0.278. The number of hydrogen-bond donors (Lipinski definition) is 1. The van der Waals surface area contributed by atoms with Crippen molar-refractivity contribution in [2.24, 2.45) is 0 Å². The summed E-state index contributed by atoms with van der Waals surface area (Å²) in [5.74, 6) is -5.22. The van der Waals surface area contributed by atoms with E-state index in [4.69, 9.17) is 0 Å². The van der Waals surface area contributed by atoms with Crippen molar-refractivity contribution in [1.29, 1.82) is 0 Å². The topological polar surface area (TPSA) is 32.3 Å². The maximum absolute atomic E-state index is 13.6. The van der Waals surface area contributed by atoms with Gasteiger partial charge in [0.2, 0.25) is 0 Å². The minimum absolute atomic E-state index is 0.178. The fourth-order valence-electron chi connectivity index (χ4n) is 2.78. The molecule has 3 rings (SSSR count). The first-order valence-electron chi connectivity index (χ1n) is 7.82. The van der Waals surface area contributed by atoms with Gasteiger partial charge in [-0.1, -0.05) is 12.1 Å². The lowest BCUT2D eigenvalue weighted by molar-refractivity contribution is 0.0945. The van der Waals surface area contributed by atoms with Crippen LogP contribution in [0.25, 0.3) is 0 Å². The van der Waals surface area contributed by atoms with Crippen LogP contribution in [-0.4, -0.2) is 19.0 Å². The third-order valence-corrected chi connectivity index (χ3v) is 4.14. The van der Waals surface area contributed by atoms with E-state index in [1.807, 2.05) is 24.3 Å². The van der Waals surface area contributed by atoms with Crippen LogP contribution in [0.15, 0.2) is 36.4 Å². The minimum atomic E-state index is -1.64. The quantitative estimate of drug-likeness (QED) is 0.866. The molecule has 0 unspecified atom stereocenters. The fourth-order valence-corrected chi connectivity index (χ4v) is 2.78. The molecule has 0 aliphatic carbocycles. The van der Waals surface area contributed by atoms with Crippen LogP contribution in [-0.2, 0) is 6.54 Å². The Bertz CT molecular complexity index is 741. The van der Waals surface area contributed by atoms with E-state index in [-0.39, 0.29) is 6.54 Å². The smallest absolute Gasteiger partial charge is 0.254 e. The lowest BCUT2D eigenvalue weighted by Crippen LogP contribution is -2.24. The van der Waals surface area contributed by atoms with Crippen molar-refractivity contribution in [3.8, 4) is 0 Å². The van der Waals surface area contributed by atoms with Crippen LogP contribution in [0.4, 0.5) is 18.9 Å². The molecule has 6 heteroatoms. The molecule has 1 amide bonds. The van der Waals surface area contributed by atoms with E-state index in [1.165, 1.54) is 12.8 Å². The van der Waals surface area contributed by atoms with Crippen LogP contribution < -0.4 is 10.2 Å². The van der Waals surface area contributed by atoms with Crippen LogP contribution in [0.5, 0.6) is 0 Å². The first kappa shape index (κ1) is 16.4. The Hall–Kier alpha value is -2.50. The number of amides is 1. The average Bonchev–Trinajstić information content (AvgIpc) is 3.13. The van der Waals surface area contributed by atoms with E-state index in [0.717, 1.165) is 36.5 Å². The number of halogens is 3. The predicted octanol–water partition coefficient (Wildman–Crippen LogP) is 3.63.